The number of amides is 3. The maximum atomic E-state index is 12.4. The van der Waals surface area contributed by atoms with E-state index in [-0.39, 0.29) is 40.8 Å². The zero-order valence-electron chi connectivity index (χ0n) is 17.4. The first-order valence-electron chi connectivity index (χ1n) is 9.53. The van der Waals surface area contributed by atoms with Crippen molar-refractivity contribution in [2.45, 2.75) is 18.7 Å². The number of hydrogen-bond donors (Lipinski definition) is 3. The minimum Gasteiger partial charge on any atom is -0.465 e. The number of nitrogens with one attached hydrogen (secondary N) is 3. The van der Waals surface area contributed by atoms with Crippen molar-refractivity contribution < 1.29 is 32.3 Å². The molecule has 2 rings (SSSR count). The van der Waals surface area contributed by atoms with Gasteiger partial charge in [0.15, 0.2) is 0 Å². The van der Waals surface area contributed by atoms with Crippen LogP contribution in [0.2, 0.25) is 0 Å². The van der Waals surface area contributed by atoms with Crippen LogP contribution in [-0.2, 0) is 19.6 Å². The van der Waals surface area contributed by atoms with Crippen molar-refractivity contribution in [2.75, 3.05) is 19.7 Å². The predicted molar refractivity (Wildman–Crippen MR) is 112 cm³/mol. The summed E-state index contributed by atoms with van der Waals surface area (Å²) in [6, 6.07) is 7.49. The van der Waals surface area contributed by atoms with Crippen molar-refractivity contribution in [1.82, 2.24) is 20.3 Å². The molecule has 170 valence electrons. The van der Waals surface area contributed by atoms with Crippen LogP contribution in [0.5, 0.6) is 0 Å². The molecule has 0 aliphatic heterocycles. The Kier molecular flexibility index (Phi) is 8.41. The predicted octanol–water partition coefficient (Wildman–Crippen LogP) is 0.243. The van der Waals surface area contributed by atoms with Gasteiger partial charge in [0, 0.05) is 18.3 Å². The van der Waals surface area contributed by atoms with Gasteiger partial charge >= 0.3 is 5.97 Å². The SMILES string of the molecule is CCNC(=O)c1ccc(S(=O)(=O)NC(=O)c2ccc(C(=O)NCC(=O)OCC)nc2)cc1. The summed E-state index contributed by atoms with van der Waals surface area (Å²) < 4.78 is 31.5. The van der Waals surface area contributed by atoms with Crippen LogP contribution in [0.1, 0.15) is 45.1 Å². The first-order chi connectivity index (χ1) is 15.2. The molecule has 0 saturated heterocycles. The average molecular weight is 462 g/mol. The van der Waals surface area contributed by atoms with Crippen LogP contribution in [0.15, 0.2) is 47.5 Å². The third-order valence-corrected chi connectivity index (χ3v) is 5.30. The van der Waals surface area contributed by atoms with Gasteiger partial charge in [-0.1, -0.05) is 0 Å². The highest BCUT2D eigenvalue weighted by atomic mass is 32.2. The maximum Gasteiger partial charge on any atom is 0.325 e. The van der Waals surface area contributed by atoms with E-state index >= 15 is 0 Å². The smallest absolute Gasteiger partial charge is 0.325 e. The molecule has 0 aliphatic carbocycles. The Balaban J connectivity index is 2.03. The number of carbonyl (C=O) groups is 4. The van der Waals surface area contributed by atoms with E-state index in [2.05, 4.69) is 20.4 Å². The lowest BCUT2D eigenvalue weighted by atomic mass is 10.2. The Morgan fingerprint density at radius 3 is 2.09 bits per heavy atom. The topological polar surface area (TPSA) is 161 Å². The van der Waals surface area contributed by atoms with Gasteiger partial charge in [-0.3, -0.25) is 24.2 Å². The average Bonchev–Trinajstić information content (AvgIpc) is 2.77. The first kappa shape index (κ1) is 24.5. The van der Waals surface area contributed by atoms with Crippen LogP contribution in [0.4, 0.5) is 0 Å². The lowest BCUT2D eigenvalue weighted by Crippen LogP contribution is -2.32. The molecular weight excluding hydrogens is 440 g/mol. The fourth-order valence-corrected chi connectivity index (χ4v) is 3.38. The molecule has 0 aliphatic rings. The Hall–Kier alpha value is -3.80. The zero-order valence-corrected chi connectivity index (χ0v) is 18.2. The summed E-state index contributed by atoms with van der Waals surface area (Å²) in [5.41, 5.74) is 0.0993. The molecule has 1 heterocycles. The summed E-state index contributed by atoms with van der Waals surface area (Å²) in [7, 11) is -4.20. The Morgan fingerprint density at radius 2 is 1.53 bits per heavy atom. The van der Waals surface area contributed by atoms with Crippen molar-refractivity contribution >= 4 is 33.7 Å². The van der Waals surface area contributed by atoms with Gasteiger partial charge in [-0.2, -0.15) is 0 Å². The summed E-state index contributed by atoms with van der Waals surface area (Å²) in [6.45, 7) is 3.65. The van der Waals surface area contributed by atoms with Crippen LogP contribution in [-0.4, -0.2) is 56.8 Å². The van der Waals surface area contributed by atoms with Crippen molar-refractivity contribution in [3.05, 3.63) is 59.4 Å². The first-order valence-corrected chi connectivity index (χ1v) is 11.0. The van der Waals surface area contributed by atoms with Crippen molar-refractivity contribution in [3.63, 3.8) is 0 Å². The normalized spacial score (nSPS) is 10.7. The molecule has 12 heteroatoms. The highest BCUT2D eigenvalue weighted by molar-refractivity contribution is 7.90. The fraction of sp³-hybridized carbons (Fsp3) is 0.250. The van der Waals surface area contributed by atoms with Gasteiger partial charge in [-0.05, 0) is 50.2 Å². The van der Waals surface area contributed by atoms with E-state index in [1.54, 1.807) is 13.8 Å². The Bertz CT molecular complexity index is 1100. The molecule has 0 atom stereocenters. The number of pyridine rings is 1. The zero-order chi connectivity index (χ0) is 23.7. The lowest BCUT2D eigenvalue weighted by Gasteiger charge is -2.08. The summed E-state index contributed by atoms with van der Waals surface area (Å²) in [6.07, 6.45) is 1.03. The minimum atomic E-state index is -4.20. The Morgan fingerprint density at radius 1 is 0.875 bits per heavy atom. The summed E-state index contributed by atoms with van der Waals surface area (Å²) in [5.74, 6) is -2.58. The second kappa shape index (κ2) is 11.0. The van der Waals surface area contributed by atoms with Crippen LogP contribution < -0.4 is 15.4 Å². The highest BCUT2D eigenvalue weighted by Crippen LogP contribution is 2.12. The number of carbonyl (C=O) groups excluding carboxylic acids is 4. The number of esters is 1. The van der Waals surface area contributed by atoms with Gasteiger partial charge in [0.1, 0.15) is 12.2 Å². The second-order valence-electron chi connectivity index (χ2n) is 6.24. The molecule has 0 unspecified atom stereocenters. The second-order valence-corrected chi connectivity index (χ2v) is 7.92. The molecule has 0 radical (unpaired) electrons. The molecule has 1 aromatic heterocycles. The van der Waals surface area contributed by atoms with E-state index < -0.39 is 27.8 Å². The molecule has 1 aromatic carbocycles. The van der Waals surface area contributed by atoms with Gasteiger partial charge in [0.25, 0.3) is 27.7 Å². The van der Waals surface area contributed by atoms with E-state index in [9.17, 15) is 27.6 Å². The van der Waals surface area contributed by atoms with Gasteiger partial charge in [-0.15, -0.1) is 0 Å². The molecule has 0 saturated carbocycles. The van der Waals surface area contributed by atoms with Crippen LogP contribution in [0.3, 0.4) is 0 Å². The Labute approximate surface area is 184 Å². The van der Waals surface area contributed by atoms with Gasteiger partial charge in [-0.25, -0.2) is 13.1 Å². The van der Waals surface area contributed by atoms with Crippen molar-refractivity contribution in [2.24, 2.45) is 0 Å². The molecule has 3 amide bonds. The molecule has 2 aromatic rings. The maximum absolute atomic E-state index is 12.4. The van der Waals surface area contributed by atoms with E-state index in [0.717, 1.165) is 6.20 Å². The molecule has 0 bridgehead atoms. The number of rotatable bonds is 9. The van der Waals surface area contributed by atoms with Crippen LogP contribution in [0, 0.1) is 0 Å². The lowest BCUT2D eigenvalue weighted by molar-refractivity contribution is -0.141. The number of hydrogen-bond acceptors (Lipinski definition) is 8. The van der Waals surface area contributed by atoms with E-state index in [1.165, 1.54) is 36.4 Å². The standard InChI is InChI=1S/C20H22N4O7S/c1-3-21-18(26)13-5-8-15(9-6-13)32(29,30)24-19(27)14-7-10-16(22-11-14)20(28)23-12-17(25)31-4-2/h5-11H,3-4,12H2,1-2H3,(H,21,26)(H,23,28)(H,24,27). The highest BCUT2D eigenvalue weighted by Gasteiger charge is 2.20. The van der Waals surface area contributed by atoms with Crippen LogP contribution in [0.25, 0.3) is 0 Å². The molecule has 32 heavy (non-hydrogen) atoms. The summed E-state index contributed by atoms with van der Waals surface area (Å²) in [4.78, 5) is 50.9. The quantitative estimate of drug-likeness (QED) is 0.447. The molecule has 0 fully saturated rings. The van der Waals surface area contributed by atoms with Crippen molar-refractivity contribution in [3.8, 4) is 0 Å². The van der Waals surface area contributed by atoms with E-state index in [0.29, 0.717) is 6.54 Å². The molecule has 11 nitrogen and oxygen atoms in total. The number of aromatic nitrogens is 1. The van der Waals surface area contributed by atoms with E-state index in [4.69, 9.17) is 0 Å². The number of ether oxygens (including phenoxy) is 1. The van der Waals surface area contributed by atoms with Gasteiger partial charge < -0.3 is 15.4 Å². The number of benzene rings is 1. The molecular formula is C20H22N4O7S. The summed E-state index contributed by atoms with van der Waals surface area (Å²) in [5, 5.41) is 4.90. The monoisotopic (exact) mass is 462 g/mol. The molecule has 0 spiro atoms. The largest absolute Gasteiger partial charge is 0.465 e. The summed E-state index contributed by atoms with van der Waals surface area (Å²) >= 11 is 0. The third-order valence-electron chi connectivity index (χ3n) is 3.95. The minimum absolute atomic E-state index is 0.0744. The van der Waals surface area contributed by atoms with Gasteiger partial charge in [0.05, 0.1) is 17.1 Å². The van der Waals surface area contributed by atoms with Crippen molar-refractivity contribution in [1.29, 1.82) is 0 Å². The number of sulfonamides is 1. The third kappa shape index (κ3) is 6.60. The van der Waals surface area contributed by atoms with E-state index in [1.807, 2.05) is 4.72 Å². The van der Waals surface area contributed by atoms with Crippen LogP contribution >= 0.6 is 0 Å². The van der Waals surface area contributed by atoms with Gasteiger partial charge in [0.2, 0.25) is 0 Å². The molecule has 3 N–H and O–H groups in total. The number of nitrogens with zero attached hydrogens (tertiary/aromatic N) is 1. The fourth-order valence-electron chi connectivity index (χ4n) is 2.41.